The highest BCUT2D eigenvalue weighted by molar-refractivity contribution is 5.97. The van der Waals surface area contributed by atoms with Crippen molar-refractivity contribution in [2.24, 2.45) is 5.92 Å². The lowest BCUT2D eigenvalue weighted by molar-refractivity contribution is -0.124. The molecular formula is C22H28N2O3. The van der Waals surface area contributed by atoms with Crippen LogP contribution in [0.25, 0.3) is 0 Å². The summed E-state index contributed by atoms with van der Waals surface area (Å²) in [6, 6.07) is 16.1. The van der Waals surface area contributed by atoms with E-state index in [1.54, 1.807) is 31.4 Å². The molecule has 2 aromatic rings. The molecule has 2 aromatic carbocycles. The molecule has 0 aliphatic heterocycles. The molecule has 2 amide bonds. The molecule has 0 radical (unpaired) electrons. The largest absolute Gasteiger partial charge is 0.496 e. The van der Waals surface area contributed by atoms with Gasteiger partial charge in [-0.25, -0.2) is 0 Å². The second kappa shape index (κ2) is 10.4. The predicted octanol–water partition coefficient (Wildman–Crippen LogP) is 3.20. The maximum atomic E-state index is 12.7. The number of hydrogen-bond donors (Lipinski definition) is 2. The van der Waals surface area contributed by atoms with E-state index in [4.69, 9.17) is 4.74 Å². The number of rotatable bonds is 9. The Bertz CT molecular complexity index is 746. The van der Waals surface area contributed by atoms with Crippen molar-refractivity contribution in [1.82, 2.24) is 10.6 Å². The topological polar surface area (TPSA) is 67.4 Å². The summed E-state index contributed by atoms with van der Waals surface area (Å²) < 4.78 is 5.34. The van der Waals surface area contributed by atoms with E-state index in [9.17, 15) is 9.59 Å². The molecule has 2 unspecified atom stereocenters. The fraction of sp³-hybridized carbons (Fsp3) is 0.364. The minimum absolute atomic E-state index is 0.0314. The summed E-state index contributed by atoms with van der Waals surface area (Å²) in [6.07, 6.45) is 1.45. The summed E-state index contributed by atoms with van der Waals surface area (Å²) in [6.45, 7) is 4.46. The quantitative estimate of drug-likeness (QED) is 0.714. The second-order valence-corrected chi connectivity index (χ2v) is 6.56. The van der Waals surface area contributed by atoms with Crippen LogP contribution < -0.4 is 15.4 Å². The van der Waals surface area contributed by atoms with Crippen molar-refractivity contribution in [2.45, 2.75) is 32.7 Å². The van der Waals surface area contributed by atoms with E-state index < -0.39 is 6.04 Å². The molecule has 0 aliphatic carbocycles. The van der Waals surface area contributed by atoms with Gasteiger partial charge in [0.15, 0.2) is 0 Å². The average molecular weight is 368 g/mol. The molecule has 0 bridgehead atoms. The van der Waals surface area contributed by atoms with Crippen LogP contribution in [0.5, 0.6) is 5.75 Å². The molecule has 0 spiro atoms. The molecule has 27 heavy (non-hydrogen) atoms. The number of carbonyl (C=O) groups is 2. The van der Waals surface area contributed by atoms with Gasteiger partial charge in [0.05, 0.1) is 7.11 Å². The monoisotopic (exact) mass is 368 g/mol. The molecule has 2 atom stereocenters. The second-order valence-electron chi connectivity index (χ2n) is 6.56. The first-order chi connectivity index (χ1) is 13.1. The van der Waals surface area contributed by atoms with Crippen molar-refractivity contribution in [1.29, 1.82) is 0 Å². The van der Waals surface area contributed by atoms with Crippen LogP contribution in [0.3, 0.4) is 0 Å². The summed E-state index contributed by atoms with van der Waals surface area (Å²) >= 11 is 0. The molecule has 0 saturated heterocycles. The van der Waals surface area contributed by atoms with Crippen LogP contribution in [0.4, 0.5) is 0 Å². The zero-order valence-electron chi connectivity index (χ0n) is 16.2. The molecule has 0 heterocycles. The normalized spacial score (nSPS) is 12.7. The van der Waals surface area contributed by atoms with E-state index in [1.807, 2.05) is 44.2 Å². The van der Waals surface area contributed by atoms with Gasteiger partial charge in [0, 0.05) is 12.1 Å². The van der Waals surface area contributed by atoms with E-state index in [0.717, 1.165) is 17.7 Å². The molecule has 0 aliphatic rings. The van der Waals surface area contributed by atoms with Gasteiger partial charge in [0.2, 0.25) is 5.91 Å². The van der Waals surface area contributed by atoms with Crippen LogP contribution >= 0.6 is 0 Å². The summed E-state index contributed by atoms with van der Waals surface area (Å²) in [5.74, 6) is 0.441. The van der Waals surface area contributed by atoms with Gasteiger partial charge in [0.25, 0.3) is 5.91 Å². The number of para-hydroxylation sites is 1. The summed E-state index contributed by atoms with van der Waals surface area (Å²) in [5.41, 5.74) is 1.58. The fourth-order valence-corrected chi connectivity index (χ4v) is 2.86. The number of hydrogen-bond acceptors (Lipinski definition) is 3. The Hall–Kier alpha value is -2.82. The Labute approximate surface area is 161 Å². The van der Waals surface area contributed by atoms with Gasteiger partial charge in [0.1, 0.15) is 11.8 Å². The molecule has 144 valence electrons. The lowest BCUT2D eigenvalue weighted by atomic mass is 9.97. The molecule has 5 heteroatoms. The zero-order chi connectivity index (χ0) is 19.6. The minimum Gasteiger partial charge on any atom is -0.496 e. The van der Waals surface area contributed by atoms with E-state index in [1.165, 1.54) is 0 Å². The first kappa shape index (κ1) is 20.5. The van der Waals surface area contributed by atoms with Crippen LogP contribution in [-0.2, 0) is 11.2 Å². The fourth-order valence-electron chi connectivity index (χ4n) is 2.86. The Morgan fingerprint density at radius 1 is 1.04 bits per heavy atom. The molecule has 5 nitrogen and oxygen atoms in total. The van der Waals surface area contributed by atoms with E-state index in [2.05, 4.69) is 10.6 Å². The molecular weight excluding hydrogens is 340 g/mol. The number of amides is 2. The van der Waals surface area contributed by atoms with E-state index in [0.29, 0.717) is 18.5 Å². The molecule has 2 N–H and O–H groups in total. The third kappa shape index (κ3) is 5.84. The van der Waals surface area contributed by atoms with Crippen molar-refractivity contribution < 1.29 is 14.3 Å². The van der Waals surface area contributed by atoms with E-state index >= 15 is 0 Å². The first-order valence-corrected chi connectivity index (χ1v) is 9.32. The van der Waals surface area contributed by atoms with Crippen molar-refractivity contribution in [3.8, 4) is 5.75 Å². The maximum absolute atomic E-state index is 12.7. The van der Waals surface area contributed by atoms with Crippen LogP contribution in [0.1, 0.15) is 36.2 Å². The number of benzene rings is 2. The van der Waals surface area contributed by atoms with Gasteiger partial charge in [-0.15, -0.1) is 0 Å². The van der Waals surface area contributed by atoms with Crippen molar-refractivity contribution in [3.63, 3.8) is 0 Å². The van der Waals surface area contributed by atoms with Crippen LogP contribution in [0.2, 0.25) is 0 Å². The first-order valence-electron chi connectivity index (χ1n) is 9.32. The third-order valence-corrected chi connectivity index (χ3v) is 4.70. The standard InChI is InChI=1S/C22H28N2O3/c1-4-16(2)20(24-21(25)18-11-6-5-7-12-18)22(26)23-15-14-17-10-8-9-13-19(17)27-3/h5-13,16,20H,4,14-15H2,1-3H3,(H,23,26)(H,24,25). The average Bonchev–Trinajstić information content (AvgIpc) is 2.72. The van der Waals surface area contributed by atoms with E-state index in [-0.39, 0.29) is 17.7 Å². The molecule has 0 saturated carbocycles. The lowest BCUT2D eigenvalue weighted by Gasteiger charge is -2.23. The maximum Gasteiger partial charge on any atom is 0.251 e. The number of methoxy groups -OCH3 is 1. The predicted molar refractivity (Wildman–Crippen MR) is 107 cm³/mol. The Morgan fingerprint density at radius 3 is 2.37 bits per heavy atom. The summed E-state index contributed by atoms with van der Waals surface area (Å²) in [5, 5.41) is 5.82. The smallest absolute Gasteiger partial charge is 0.251 e. The van der Waals surface area contributed by atoms with Gasteiger partial charge < -0.3 is 15.4 Å². The van der Waals surface area contributed by atoms with Crippen LogP contribution in [0, 0.1) is 5.92 Å². The van der Waals surface area contributed by atoms with Crippen molar-refractivity contribution in [3.05, 3.63) is 65.7 Å². The van der Waals surface area contributed by atoms with Crippen molar-refractivity contribution in [2.75, 3.05) is 13.7 Å². The lowest BCUT2D eigenvalue weighted by Crippen LogP contribution is -2.50. The summed E-state index contributed by atoms with van der Waals surface area (Å²) in [7, 11) is 1.63. The van der Waals surface area contributed by atoms with Crippen LogP contribution in [-0.4, -0.2) is 31.5 Å². The Morgan fingerprint density at radius 2 is 1.70 bits per heavy atom. The summed E-state index contributed by atoms with van der Waals surface area (Å²) in [4.78, 5) is 25.1. The van der Waals surface area contributed by atoms with Crippen LogP contribution in [0.15, 0.2) is 54.6 Å². The van der Waals surface area contributed by atoms with Gasteiger partial charge in [-0.05, 0) is 36.1 Å². The van der Waals surface area contributed by atoms with Gasteiger partial charge in [-0.1, -0.05) is 56.7 Å². The Balaban J connectivity index is 1.97. The Kier molecular flexibility index (Phi) is 7.86. The highest BCUT2D eigenvalue weighted by Gasteiger charge is 2.26. The van der Waals surface area contributed by atoms with Gasteiger partial charge in [-0.3, -0.25) is 9.59 Å². The minimum atomic E-state index is -0.569. The molecule has 0 fully saturated rings. The zero-order valence-corrected chi connectivity index (χ0v) is 16.2. The number of nitrogens with one attached hydrogen (secondary N) is 2. The molecule has 2 rings (SSSR count). The van der Waals surface area contributed by atoms with Crippen molar-refractivity contribution >= 4 is 11.8 Å². The highest BCUT2D eigenvalue weighted by atomic mass is 16.5. The van der Waals surface area contributed by atoms with Gasteiger partial charge >= 0.3 is 0 Å². The highest BCUT2D eigenvalue weighted by Crippen LogP contribution is 2.17. The SMILES string of the molecule is CCC(C)C(NC(=O)c1ccccc1)C(=O)NCCc1ccccc1OC. The third-order valence-electron chi connectivity index (χ3n) is 4.70. The number of carbonyl (C=O) groups excluding carboxylic acids is 2. The number of ether oxygens (including phenoxy) is 1. The van der Waals surface area contributed by atoms with Gasteiger partial charge in [-0.2, -0.15) is 0 Å². The molecule has 0 aromatic heterocycles.